The topological polar surface area (TPSA) is 38.3 Å². The first-order chi connectivity index (χ1) is 6.38. The van der Waals surface area contributed by atoms with E-state index in [1.807, 2.05) is 33.8 Å². The van der Waals surface area contributed by atoms with E-state index in [1.165, 1.54) is 0 Å². The molecule has 0 aliphatic carbocycles. The maximum atomic E-state index is 11.6. The largest absolute Gasteiger partial charge is 0.459 e. The van der Waals surface area contributed by atoms with Crippen molar-refractivity contribution in [2.24, 2.45) is 0 Å². The van der Waals surface area contributed by atoms with Gasteiger partial charge < -0.3 is 4.74 Å². The van der Waals surface area contributed by atoms with Gasteiger partial charge in [-0.1, -0.05) is 12.2 Å². The molecule has 14 heavy (non-hydrogen) atoms. The van der Waals surface area contributed by atoms with Gasteiger partial charge in [0, 0.05) is 6.04 Å². The Labute approximate surface area is 85.5 Å². The maximum absolute atomic E-state index is 11.6. The second kappa shape index (κ2) is 4.13. The quantitative estimate of drug-likeness (QED) is 0.513. The van der Waals surface area contributed by atoms with Crippen LogP contribution in [0, 0.1) is 0 Å². The molecule has 1 aliphatic heterocycles. The molecule has 1 heterocycles. The van der Waals surface area contributed by atoms with Gasteiger partial charge in [0.2, 0.25) is 0 Å². The number of hydrogen-bond acceptors (Lipinski definition) is 3. The molecule has 2 unspecified atom stereocenters. The summed E-state index contributed by atoms with van der Waals surface area (Å²) >= 11 is 0. The summed E-state index contributed by atoms with van der Waals surface area (Å²) in [6.45, 7) is 7.67. The van der Waals surface area contributed by atoms with E-state index in [4.69, 9.17) is 4.74 Å². The fourth-order valence-electron chi connectivity index (χ4n) is 1.40. The molecular formula is C11H19NO2. The highest BCUT2D eigenvalue weighted by molar-refractivity contribution is 5.76. The van der Waals surface area contributed by atoms with Gasteiger partial charge in [0.1, 0.15) is 11.6 Å². The average molecular weight is 197 g/mol. The summed E-state index contributed by atoms with van der Waals surface area (Å²) in [5.41, 5.74) is -0.400. The van der Waals surface area contributed by atoms with Crippen LogP contribution >= 0.6 is 0 Å². The Kier molecular flexibility index (Phi) is 3.32. The molecule has 3 nitrogen and oxygen atoms in total. The molecule has 0 aromatic carbocycles. The lowest BCUT2D eigenvalue weighted by Crippen LogP contribution is -2.46. The number of hydrogen-bond donors (Lipinski definition) is 1. The van der Waals surface area contributed by atoms with Crippen LogP contribution in [0.1, 0.15) is 34.1 Å². The molecule has 3 heteroatoms. The third kappa shape index (κ3) is 3.50. The molecule has 0 saturated carbocycles. The van der Waals surface area contributed by atoms with Crippen molar-refractivity contribution in [3.8, 4) is 0 Å². The molecule has 0 saturated heterocycles. The average Bonchev–Trinajstić information content (AvgIpc) is 2.01. The Morgan fingerprint density at radius 3 is 2.64 bits per heavy atom. The highest BCUT2D eigenvalue weighted by Gasteiger charge is 2.26. The molecule has 1 rings (SSSR count). The van der Waals surface area contributed by atoms with Crippen LogP contribution in [0.3, 0.4) is 0 Å². The van der Waals surface area contributed by atoms with Crippen molar-refractivity contribution in [1.82, 2.24) is 5.32 Å². The SMILES string of the molecule is CC1C=CCC(C(=O)OC(C)(C)C)N1. The van der Waals surface area contributed by atoms with Crippen molar-refractivity contribution in [3.05, 3.63) is 12.2 Å². The van der Waals surface area contributed by atoms with Crippen LogP contribution in [0.25, 0.3) is 0 Å². The predicted octanol–water partition coefficient (Wildman–Crippen LogP) is 1.63. The van der Waals surface area contributed by atoms with Crippen LogP contribution in [0.4, 0.5) is 0 Å². The summed E-state index contributed by atoms with van der Waals surface area (Å²) in [4.78, 5) is 11.6. The van der Waals surface area contributed by atoms with Crippen LogP contribution in [0.2, 0.25) is 0 Å². The monoisotopic (exact) mass is 197 g/mol. The number of ether oxygens (including phenoxy) is 1. The zero-order valence-electron chi connectivity index (χ0n) is 9.33. The Balaban J connectivity index is 2.50. The normalized spacial score (nSPS) is 27.4. The van der Waals surface area contributed by atoms with E-state index >= 15 is 0 Å². The fourth-order valence-corrected chi connectivity index (χ4v) is 1.40. The Hall–Kier alpha value is -0.830. The van der Waals surface area contributed by atoms with Crippen LogP contribution in [0.15, 0.2) is 12.2 Å². The highest BCUT2D eigenvalue weighted by atomic mass is 16.6. The molecule has 0 bridgehead atoms. The van der Waals surface area contributed by atoms with Crippen molar-refractivity contribution in [3.63, 3.8) is 0 Å². The van der Waals surface area contributed by atoms with Crippen LogP contribution in [0.5, 0.6) is 0 Å². The van der Waals surface area contributed by atoms with Gasteiger partial charge in [-0.05, 0) is 34.1 Å². The van der Waals surface area contributed by atoms with Crippen LogP contribution in [-0.2, 0) is 9.53 Å². The number of rotatable bonds is 1. The van der Waals surface area contributed by atoms with E-state index in [0.717, 1.165) is 6.42 Å². The first kappa shape index (κ1) is 11.2. The number of carbonyl (C=O) groups is 1. The molecule has 0 radical (unpaired) electrons. The van der Waals surface area contributed by atoms with Gasteiger partial charge in [-0.15, -0.1) is 0 Å². The van der Waals surface area contributed by atoms with Crippen molar-refractivity contribution in [2.45, 2.75) is 51.8 Å². The molecule has 1 N–H and O–H groups in total. The second-order valence-corrected chi connectivity index (χ2v) is 4.71. The Bertz CT molecular complexity index is 240. The zero-order valence-corrected chi connectivity index (χ0v) is 9.33. The smallest absolute Gasteiger partial charge is 0.323 e. The first-order valence-electron chi connectivity index (χ1n) is 5.04. The van der Waals surface area contributed by atoms with Gasteiger partial charge in [-0.25, -0.2) is 0 Å². The Morgan fingerprint density at radius 1 is 1.50 bits per heavy atom. The third-order valence-electron chi connectivity index (χ3n) is 1.95. The Morgan fingerprint density at radius 2 is 2.14 bits per heavy atom. The standard InChI is InChI=1S/C11H19NO2/c1-8-6-5-7-9(12-8)10(13)14-11(2,3)4/h5-6,8-9,12H,7H2,1-4H3. The van der Waals surface area contributed by atoms with E-state index in [0.29, 0.717) is 0 Å². The molecular weight excluding hydrogens is 178 g/mol. The maximum Gasteiger partial charge on any atom is 0.323 e. The lowest BCUT2D eigenvalue weighted by molar-refractivity contribution is -0.157. The van der Waals surface area contributed by atoms with Gasteiger partial charge >= 0.3 is 5.97 Å². The second-order valence-electron chi connectivity index (χ2n) is 4.71. The van der Waals surface area contributed by atoms with Crippen molar-refractivity contribution in [2.75, 3.05) is 0 Å². The molecule has 80 valence electrons. The minimum Gasteiger partial charge on any atom is -0.459 e. The predicted molar refractivity (Wildman–Crippen MR) is 56.0 cm³/mol. The zero-order chi connectivity index (χ0) is 10.8. The number of carbonyl (C=O) groups excluding carboxylic acids is 1. The lowest BCUT2D eigenvalue weighted by Gasteiger charge is -2.27. The van der Waals surface area contributed by atoms with Gasteiger partial charge in [0.15, 0.2) is 0 Å². The highest BCUT2D eigenvalue weighted by Crippen LogP contribution is 2.12. The molecule has 2 atom stereocenters. The summed E-state index contributed by atoms with van der Waals surface area (Å²) in [7, 11) is 0. The minimum absolute atomic E-state index is 0.159. The van der Waals surface area contributed by atoms with Crippen molar-refractivity contribution in [1.29, 1.82) is 0 Å². The summed E-state index contributed by atoms with van der Waals surface area (Å²) in [5.74, 6) is -0.159. The van der Waals surface area contributed by atoms with E-state index < -0.39 is 5.60 Å². The van der Waals surface area contributed by atoms with E-state index in [9.17, 15) is 4.79 Å². The third-order valence-corrected chi connectivity index (χ3v) is 1.95. The number of esters is 1. The van der Waals surface area contributed by atoms with Crippen molar-refractivity contribution >= 4 is 5.97 Å². The fraction of sp³-hybridized carbons (Fsp3) is 0.727. The van der Waals surface area contributed by atoms with Gasteiger partial charge in [-0.3, -0.25) is 10.1 Å². The van der Waals surface area contributed by atoms with E-state index in [1.54, 1.807) is 0 Å². The molecule has 0 aromatic heterocycles. The van der Waals surface area contributed by atoms with E-state index in [2.05, 4.69) is 11.4 Å². The lowest BCUT2D eigenvalue weighted by atomic mass is 10.1. The summed E-state index contributed by atoms with van der Waals surface area (Å²) in [6, 6.07) is 0.0653. The summed E-state index contributed by atoms with van der Waals surface area (Å²) in [6.07, 6.45) is 4.80. The first-order valence-corrected chi connectivity index (χ1v) is 5.04. The minimum atomic E-state index is -0.400. The molecule has 0 aromatic rings. The molecule has 0 amide bonds. The number of nitrogens with one attached hydrogen (secondary N) is 1. The van der Waals surface area contributed by atoms with Crippen molar-refractivity contribution < 1.29 is 9.53 Å². The molecule has 0 fully saturated rings. The molecule has 0 spiro atoms. The van der Waals surface area contributed by atoms with Gasteiger partial charge in [0.05, 0.1) is 0 Å². The summed E-state index contributed by atoms with van der Waals surface area (Å²) in [5, 5.41) is 3.18. The van der Waals surface area contributed by atoms with Crippen LogP contribution < -0.4 is 5.32 Å². The van der Waals surface area contributed by atoms with Crippen LogP contribution in [-0.4, -0.2) is 23.7 Å². The summed E-state index contributed by atoms with van der Waals surface area (Å²) < 4.78 is 5.29. The van der Waals surface area contributed by atoms with Gasteiger partial charge in [0.25, 0.3) is 0 Å². The molecule has 1 aliphatic rings. The van der Waals surface area contributed by atoms with Gasteiger partial charge in [-0.2, -0.15) is 0 Å². The van der Waals surface area contributed by atoms with E-state index in [-0.39, 0.29) is 18.1 Å².